The van der Waals surface area contributed by atoms with Gasteiger partial charge in [-0.05, 0) is 81.6 Å². The molecule has 0 amide bonds. The van der Waals surface area contributed by atoms with E-state index in [2.05, 4.69) is 28.0 Å². The molecule has 1 atom stereocenters. The Morgan fingerprint density at radius 3 is 2.52 bits per heavy atom. The number of aliphatic hydroxyl groups is 1. The lowest BCUT2D eigenvalue weighted by Gasteiger charge is -2.27. The molecule has 2 aliphatic heterocycles. The molecule has 0 unspecified atom stereocenters. The van der Waals surface area contributed by atoms with Gasteiger partial charge in [0.25, 0.3) is 0 Å². The van der Waals surface area contributed by atoms with Gasteiger partial charge in [-0.2, -0.15) is 0 Å². The van der Waals surface area contributed by atoms with Crippen LogP contribution in [0.25, 0.3) is 0 Å². The van der Waals surface area contributed by atoms with Gasteiger partial charge in [0.15, 0.2) is 11.6 Å². The van der Waals surface area contributed by atoms with E-state index in [0.29, 0.717) is 12.8 Å². The fraction of sp³-hybridized carbons (Fsp3) is 0.556. The number of nitrogens with zero attached hydrogens (tertiary/aromatic N) is 2. The van der Waals surface area contributed by atoms with Crippen molar-refractivity contribution < 1.29 is 19.0 Å². The van der Waals surface area contributed by atoms with E-state index < -0.39 is 11.4 Å². The van der Waals surface area contributed by atoms with Crippen molar-refractivity contribution in [2.75, 3.05) is 45.9 Å². The van der Waals surface area contributed by atoms with Gasteiger partial charge in [-0.3, -0.25) is 9.80 Å². The Balaban J connectivity index is 1.24. The molecular weight excluding hydrogens is 419 g/mol. The molecule has 0 bridgehead atoms. The summed E-state index contributed by atoms with van der Waals surface area (Å²) in [4.78, 5) is 4.86. The summed E-state index contributed by atoms with van der Waals surface area (Å²) in [5, 5.41) is 11.0. The molecule has 0 saturated carbocycles. The summed E-state index contributed by atoms with van der Waals surface area (Å²) in [5.41, 5.74) is 0.287. The fourth-order valence-corrected chi connectivity index (χ4v) is 4.78. The van der Waals surface area contributed by atoms with Crippen LogP contribution >= 0.6 is 0 Å². The highest BCUT2D eigenvalue weighted by molar-refractivity contribution is 5.28. The number of benzene rings is 2. The molecule has 2 heterocycles. The highest BCUT2D eigenvalue weighted by Crippen LogP contribution is 2.26. The molecule has 2 fully saturated rings. The molecule has 4 rings (SSSR count). The second-order valence-corrected chi connectivity index (χ2v) is 9.47. The van der Waals surface area contributed by atoms with E-state index in [1.54, 1.807) is 18.2 Å². The van der Waals surface area contributed by atoms with Gasteiger partial charge < -0.3 is 14.6 Å². The summed E-state index contributed by atoms with van der Waals surface area (Å²) >= 11 is 0. The van der Waals surface area contributed by atoms with Crippen LogP contribution in [0.4, 0.5) is 4.39 Å². The summed E-state index contributed by atoms with van der Waals surface area (Å²) in [6, 6.07) is 14.7. The van der Waals surface area contributed by atoms with E-state index in [1.807, 2.05) is 6.07 Å². The standard InChI is InChI=1S/C27H37FN2O3/c28-25-10-2-3-11-26(25)33-22-27(31)12-7-16-30(17-13-27)21-23-8-6-9-24(20-23)32-19-18-29-14-4-1-5-15-29/h2-3,6,8-11,20,31H,1,4-5,7,12-19,21-22H2/t27-/m0/s1. The number of halogens is 1. The smallest absolute Gasteiger partial charge is 0.165 e. The van der Waals surface area contributed by atoms with Crippen LogP contribution in [0, 0.1) is 5.82 Å². The summed E-state index contributed by atoms with van der Waals surface area (Å²) in [6.07, 6.45) is 6.09. The molecule has 33 heavy (non-hydrogen) atoms. The SMILES string of the molecule is O[C@@]1(COc2ccccc2F)CCCN(Cc2cccc(OCCN3CCCCC3)c2)CC1. The van der Waals surface area contributed by atoms with Crippen LogP contribution in [-0.4, -0.2) is 66.4 Å². The van der Waals surface area contributed by atoms with Crippen molar-refractivity contribution in [3.63, 3.8) is 0 Å². The molecule has 0 radical (unpaired) electrons. The maximum atomic E-state index is 13.8. The summed E-state index contributed by atoms with van der Waals surface area (Å²) < 4.78 is 25.5. The van der Waals surface area contributed by atoms with Crippen LogP contribution in [0.3, 0.4) is 0 Å². The van der Waals surface area contributed by atoms with E-state index in [0.717, 1.165) is 45.0 Å². The van der Waals surface area contributed by atoms with E-state index in [1.165, 1.54) is 44.0 Å². The topological polar surface area (TPSA) is 45.2 Å². The van der Waals surface area contributed by atoms with Crippen molar-refractivity contribution in [3.8, 4) is 11.5 Å². The molecule has 0 aliphatic carbocycles. The first-order valence-electron chi connectivity index (χ1n) is 12.4. The maximum absolute atomic E-state index is 13.8. The Kier molecular flexibility index (Phi) is 8.59. The van der Waals surface area contributed by atoms with E-state index in [4.69, 9.17) is 9.47 Å². The van der Waals surface area contributed by atoms with E-state index in [9.17, 15) is 9.50 Å². The Bertz CT molecular complexity index is 874. The van der Waals surface area contributed by atoms with Gasteiger partial charge in [-0.25, -0.2) is 4.39 Å². The lowest BCUT2D eigenvalue weighted by atomic mass is 9.96. The molecule has 1 N–H and O–H groups in total. The van der Waals surface area contributed by atoms with E-state index in [-0.39, 0.29) is 12.4 Å². The molecule has 6 heteroatoms. The first kappa shape index (κ1) is 24.0. The van der Waals surface area contributed by atoms with Crippen molar-refractivity contribution in [2.45, 2.75) is 50.7 Å². The van der Waals surface area contributed by atoms with Gasteiger partial charge in [0, 0.05) is 19.6 Å². The number of para-hydroxylation sites is 1. The maximum Gasteiger partial charge on any atom is 0.165 e. The largest absolute Gasteiger partial charge is 0.492 e. The molecule has 2 saturated heterocycles. The molecular formula is C27H37FN2O3. The zero-order chi connectivity index (χ0) is 22.9. The number of rotatable bonds is 9. The second kappa shape index (κ2) is 11.8. The third-order valence-corrected chi connectivity index (χ3v) is 6.77. The molecule has 0 spiro atoms. The van der Waals surface area contributed by atoms with Crippen molar-refractivity contribution in [2.24, 2.45) is 0 Å². The van der Waals surface area contributed by atoms with Crippen LogP contribution in [0.1, 0.15) is 44.1 Å². The van der Waals surface area contributed by atoms with Gasteiger partial charge in [0.05, 0.1) is 5.60 Å². The van der Waals surface area contributed by atoms with Crippen LogP contribution in [0.2, 0.25) is 0 Å². The van der Waals surface area contributed by atoms with Gasteiger partial charge in [-0.1, -0.05) is 30.7 Å². The Morgan fingerprint density at radius 2 is 1.67 bits per heavy atom. The minimum Gasteiger partial charge on any atom is -0.492 e. The quantitative estimate of drug-likeness (QED) is 0.603. The molecule has 2 aromatic rings. The van der Waals surface area contributed by atoms with Crippen LogP contribution in [-0.2, 0) is 6.54 Å². The molecule has 2 aliphatic rings. The van der Waals surface area contributed by atoms with Gasteiger partial charge in [0.2, 0.25) is 0 Å². The van der Waals surface area contributed by atoms with E-state index >= 15 is 0 Å². The van der Waals surface area contributed by atoms with Crippen LogP contribution in [0.15, 0.2) is 48.5 Å². The normalized spacial score (nSPS) is 22.6. The third kappa shape index (κ3) is 7.42. The van der Waals surface area contributed by atoms with Gasteiger partial charge in [-0.15, -0.1) is 0 Å². The Morgan fingerprint density at radius 1 is 0.848 bits per heavy atom. The van der Waals surface area contributed by atoms with Crippen molar-refractivity contribution in [1.82, 2.24) is 9.80 Å². The number of likely N-dealkylation sites (tertiary alicyclic amines) is 2. The minimum absolute atomic E-state index is 0.113. The number of hydrogen-bond acceptors (Lipinski definition) is 5. The molecule has 5 nitrogen and oxygen atoms in total. The lowest BCUT2D eigenvalue weighted by Crippen LogP contribution is -2.37. The van der Waals surface area contributed by atoms with Gasteiger partial charge >= 0.3 is 0 Å². The van der Waals surface area contributed by atoms with Crippen LogP contribution in [0.5, 0.6) is 11.5 Å². The first-order valence-corrected chi connectivity index (χ1v) is 12.4. The number of ether oxygens (including phenoxy) is 2. The zero-order valence-corrected chi connectivity index (χ0v) is 19.6. The average molecular weight is 457 g/mol. The lowest BCUT2D eigenvalue weighted by molar-refractivity contribution is -0.0177. The first-order chi connectivity index (χ1) is 16.1. The van der Waals surface area contributed by atoms with Gasteiger partial charge in [0.1, 0.15) is 19.0 Å². The Labute approximate surface area is 197 Å². The molecule has 180 valence electrons. The second-order valence-electron chi connectivity index (χ2n) is 9.47. The predicted molar refractivity (Wildman–Crippen MR) is 128 cm³/mol. The highest BCUT2D eigenvalue weighted by Gasteiger charge is 2.31. The summed E-state index contributed by atoms with van der Waals surface area (Å²) in [6.45, 7) is 6.73. The summed E-state index contributed by atoms with van der Waals surface area (Å²) in [7, 11) is 0. The summed E-state index contributed by atoms with van der Waals surface area (Å²) in [5.74, 6) is 0.729. The molecule has 0 aromatic heterocycles. The molecule has 2 aromatic carbocycles. The van der Waals surface area contributed by atoms with Crippen molar-refractivity contribution in [1.29, 1.82) is 0 Å². The average Bonchev–Trinajstić information content (AvgIpc) is 3.01. The Hall–Kier alpha value is -2.15. The third-order valence-electron chi connectivity index (χ3n) is 6.77. The van der Waals surface area contributed by atoms with Crippen LogP contribution < -0.4 is 9.47 Å². The predicted octanol–water partition coefficient (Wildman–Crippen LogP) is 4.49. The van der Waals surface area contributed by atoms with Crippen molar-refractivity contribution >= 4 is 0 Å². The highest BCUT2D eigenvalue weighted by atomic mass is 19.1. The number of piperidine rings is 1. The fourth-order valence-electron chi connectivity index (χ4n) is 4.78. The van der Waals surface area contributed by atoms with Crippen molar-refractivity contribution in [3.05, 3.63) is 59.9 Å². The zero-order valence-electron chi connectivity index (χ0n) is 19.6. The minimum atomic E-state index is -0.934. The number of hydrogen-bond donors (Lipinski definition) is 1. The monoisotopic (exact) mass is 456 g/mol.